The lowest BCUT2D eigenvalue weighted by molar-refractivity contribution is -0.142. The van der Waals surface area contributed by atoms with Crippen LogP contribution in [0.15, 0.2) is 30.5 Å². The van der Waals surface area contributed by atoms with Gasteiger partial charge in [0.25, 0.3) is 0 Å². The van der Waals surface area contributed by atoms with Crippen molar-refractivity contribution in [3.8, 4) is 0 Å². The molecule has 122 valence electrons. The Morgan fingerprint density at radius 2 is 2.22 bits per heavy atom. The number of aromatic nitrogens is 1. The van der Waals surface area contributed by atoms with E-state index in [1.54, 1.807) is 6.20 Å². The number of benzene rings is 1. The Labute approximate surface area is 133 Å². The van der Waals surface area contributed by atoms with Crippen LogP contribution in [-0.4, -0.2) is 40.7 Å². The van der Waals surface area contributed by atoms with Gasteiger partial charge in [-0.05, 0) is 25.0 Å². The lowest BCUT2D eigenvalue weighted by Crippen LogP contribution is -2.43. The van der Waals surface area contributed by atoms with Crippen LogP contribution in [-0.2, 0) is 20.7 Å². The monoisotopic (exact) mass is 316 g/mol. The molecule has 6 heteroatoms. The number of fused-ring (bicyclic) bond motifs is 1. The second-order valence-corrected chi connectivity index (χ2v) is 5.80. The topological polar surface area (TPSA) is 91.4 Å². The zero-order valence-electron chi connectivity index (χ0n) is 12.9. The number of aromatic amines is 1. The third-order valence-corrected chi connectivity index (χ3v) is 4.16. The molecule has 1 aliphatic carbocycles. The van der Waals surface area contributed by atoms with E-state index in [-0.39, 0.29) is 24.3 Å². The number of hydrogen-bond acceptors (Lipinski definition) is 3. The molecule has 1 heterocycles. The SMILES string of the molecule is CCOC1CC1C(=O)NC(Cc1c[nH]c2ccccc12)C(=O)O. The van der Waals surface area contributed by atoms with Gasteiger partial charge in [-0.15, -0.1) is 0 Å². The number of ether oxygens (including phenoxy) is 1. The van der Waals surface area contributed by atoms with E-state index in [9.17, 15) is 14.7 Å². The Balaban J connectivity index is 1.68. The van der Waals surface area contributed by atoms with Crippen molar-refractivity contribution in [2.45, 2.75) is 31.9 Å². The Kier molecular flexibility index (Phi) is 4.34. The first-order valence-corrected chi connectivity index (χ1v) is 7.80. The van der Waals surface area contributed by atoms with Crippen molar-refractivity contribution in [1.82, 2.24) is 10.3 Å². The number of nitrogens with one attached hydrogen (secondary N) is 2. The average molecular weight is 316 g/mol. The molecule has 0 saturated heterocycles. The Bertz CT molecular complexity index is 724. The number of carboxylic acid groups (broad SMARTS) is 1. The van der Waals surface area contributed by atoms with Crippen LogP contribution < -0.4 is 5.32 Å². The highest BCUT2D eigenvalue weighted by molar-refractivity contribution is 5.88. The van der Waals surface area contributed by atoms with Crippen molar-refractivity contribution >= 4 is 22.8 Å². The lowest BCUT2D eigenvalue weighted by Gasteiger charge is -2.14. The number of rotatable bonds is 7. The summed E-state index contributed by atoms with van der Waals surface area (Å²) in [6.07, 6.45) is 2.64. The van der Waals surface area contributed by atoms with Gasteiger partial charge in [-0.3, -0.25) is 4.79 Å². The summed E-state index contributed by atoms with van der Waals surface area (Å²) in [5.41, 5.74) is 1.84. The molecule has 2 aromatic rings. The van der Waals surface area contributed by atoms with Crippen molar-refractivity contribution in [3.05, 3.63) is 36.0 Å². The molecule has 0 aliphatic heterocycles. The molecule has 1 saturated carbocycles. The zero-order chi connectivity index (χ0) is 16.4. The first-order valence-electron chi connectivity index (χ1n) is 7.80. The van der Waals surface area contributed by atoms with Gasteiger partial charge >= 0.3 is 5.97 Å². The van der Waals surface area contributed by atoms with Gasteiger partial charge in [0.2, 0.25) is 5.91 Å². The molecule has 0 radical (unpaired) electrons. The third kappa shape index (κ3) is 3.37. The van der Waals surface area contributed by atoms with E-state index >= 15 is 0 Å². The van der Waals surface area contributed by atoms with E-state index in [0.29, 0.717) is 13.0 Å². The first kappa shape index (κ1) is 15.6. The summed E-state index contributed by atoms with van der Waals surface area (Å²) in [7, 11) is 0. The second kappa shape index (κ2) is 6.42. The predicted octanol–water partition coefficient (Wildman–Crippen LogP) is 1.70. The first-order chi connectivity index (χ1) is 11.1. The van der Waals surface area contributed by atoms with Gasteiger partial charge in [0, 0.05) is 30.1 Å². The average Bonchev–Trinajstić information content (AvgIpc) is 3.19. The van der Waals surface area contributed by atoms with E-state index in [1.165, 1.54) is 0 Å². The molecule has 6 nitrogen and oxygen atoms in total. The van der Waals surface area contributed by atoms with Gasteiger partial charge in [0.1, 0.15) is 6.04 Å². The summed E-state index contributed by atoms with van der Waals surface area (Å²) < 4.78 is 5.38. The van der Waals surface area contributed by atoms with Crippen LogP contribution in [0.1, 0.15) is 18.9 Å². The quantitative estimate of drug-likeness (QED) is 0.725. The Hall–Kier alpha value is -2.34. The van der Waals surface area contributed by atoms with Crippen molar-refractivity contribution in [3.63, 3.8) is 0 Å². The predicted molar refractivity (Wildman–Crippen MR) is 85.1 cm³/mol. The lowest BCUT2D eigenvalue weighted by atomic mass is 10.0. The molecule has 3 atom stereocenters. The summed E-state index contributed by atoms with van der Waals surface area (Å²) in [5, 5.41) is 13.0. The standard InChI is InChI=1S/C17H20N2O4/c1-2-23-15-8-12(15)16(20)19-14(17(21)22)7-10-9-18-13-6-4-3-5-11(10)13/h3-6,9,12,14-15,18H,2,7-8H2,1H3,(H,19,20)(H,21,22). The van der Waals surface area contributed by atoms with Crippen molar-refractivity contribution in [2.75, 3.05) is 6.61 Å². The van der Waals surface area contributed by atoms with Crippen LogP contribution in [0, 0.1) is 5.92 Å². The maximum Gasteiger partial charge on any atom is 0.326 e. The molecule has 23 heavy (non-hydrogen) atoms. The van der Waals surface area contributed by atoms with E-state index in [4.69, 9.17) is 4.74 Å². The molecular formula is C17H20N2O4. The minimum absolute atomic E-state index is 0.0671. The van der Waals surface area contributed by atoms with E-state index in [2.05, 4.69) is 10.3 Å². The molecule has 3 unspecified atom stereocenters. The van der Waals surface area contributed by atoms with Gasteiger partial charge in [-0.25, -0.2) is 4.79 Å². The van der Waals surface area contributed by atoms with Crippen LogP contribution in [0.25, 0.3) is 10.9 Å². The van der Waals surface area contributed by atoms with Gasteiger partial charge in [0.05, 0.1) is 12.0 Å². The number of carbonyl (C=O) groups excluding carboxylic acids is 1. The Morgan fingerprint density at radius 3 is 2.96 bits per heavy atom. The smallest absolute Gasteiger partial charge is 0.326 e. The second-order valence-electron chi connectivity index (χ2n) is 5.80. The zero-order valence-corrected chi connectivity index (χ0v) is 12.9. The summed E-state index contributed by atoms with van der Waals surface area (Å²) >= 11 is 0. The third-order valence-electron chi connectivity index (χ3n) is 4.16. The van der Waals surface area contributed by atoms with Crippen LogP contribution in [0.3, 0.4) is 0 Å². The Morgan fingerprint density at radius 1 is 1.43 bits per heavy atom. The molecule has 1 amide bonds. The fourth-order valence-electron chi connectivity index (χ4n) is 2.85. The molecule has 1 aromatic heterocycles. The highest BCUT2D eigenvalue weighted by atomic mass is 16.5. The largest absolute Gasteiger partial charge is 0.480 e. The molecule has 3 N–H and O–H groups in total. The summed E-state index contributed by atoms with van der Waals surface area (Å²) in [6, 6.07) is 6.76. The number of aliphatic carboxylic acids is 1. The number of carboxylic acids is 1. The maximum atomic E-state index is 12.1. The normalized spacial score (nSPS) is 21.1. The van der Waals surface area contributed by atoms with E-state index < -0.39 is 12.0 Å². The highest BCUT2D eigenvalue weighted by Gasteiger charge is 2.44. The van der Waals surface area contributed by atoms with Gasteiger partial charge < -0.3 is 20.1 Å². The molecule has 1 fully saturated rings. The number of H-pyrrole nitrogens is 1. The van der Waals surface area contributed by atoms with E-state index in [0.717, 1.165) is 16.5 Å². The van der Waals surface area contributed by atoms with Crippen LogP contribution in [0.2, 0.25) is 0 Å². The summed E-state index contributed by atoms with van der Waals surface area (Å²) in [5.74, 6) is -1.49. The minimum atomic E-state index is -1.03. The number of hydrogen-bond donors (Lipinski definition) is 3. The van der Waals surface area contributed by atoms with Crippen molar-refractivity contribution < 1.29 is 19.4 Å². The van der Waals surface area contributed by atoms with Crippen LogP contribution in [0.4, 0.5) is 0 Å². The number of carbonyl (C=O) groups is 2. The van der Waals surface area contributed by atoms with E-state index in [1.807, 2.05) is 31.2 Å². The fourth-order valence-corrected chi connectivity index (χ4v) is 2.85. The molecule has 1 aliphatic rings. The van der Waals surface area contributed by atoms with Crippen LogP contribution in [0.5, 0.6) is 0 Å². The molecule has 0 spiro atoms. The van der Waals surface area contributed by atoms with Gasteiger partial charge in [-0.1, -0.05) is 18.2 Å². The maximum absolute atomic E-state index is 12.1. The molecule has 0 bridgehead atoms. The molecular weight excluding hydrogens is 296 g/mol. The van der Waals surface area contributed by atoms with Gasteiger partial charge in [0.15, 0.2) is 0 Å². The molecule has 1 aromatic carbocycles. The van der Waals surface area contributed by atoms with Crippen molar-refractivity contribution in [2.24, 2.45) is 5.92 Å². The van der Waals surface area contributed by atoms with Crippen molar-refractivity contribution in [1.29, 1.82) is 0 Å². The van der Waals surface area contributed by atoms with Crippen LogP contribution >= 0.6 is 0 Å². The summed E-state index contributed by atoms with van der Waals surface area (Å²) in [6.45, 7) is 2.44. The minimum Gasteiger partial charge on any atom is -0.480 e. The fraction of sp³-hybridized carbons (Fsp3) is 0.412. The van der Waals surface area contributed by atoms with Gasteiger partial charge in [-0.2, -0.15) is 0 Å². The molecule has 3 rings (SSSR count). The number of para-hydroxylation sites is 1. The number of amides is 1. The highest BCUT2D eigenvalue weighted by Crippen LogP contribution is 2.34. The summed E-state index contributed by atoms with van der Waals surface area (Å²) in [4.78, 5) is 26.7.